The number of rotatable bonds is 9. The minimum atomic E-state index is -0.531. The van der Waals surface area contributed by atoms with E-state index in [2.05, 4.69) is 34.1 Å². The van der Waals surface area contributed by atoms with E-state index in [0.29, 0.717) is 19.7 Å². The number of ether oxygens (including phenoxy) is 1. The van der Waals surface area contributed by atoms with Gasteiger partial charge in [-0.05, 0) is 25.0 Å². The van der Waals surface area contributed by atoms with Crippen LogP contribution in [0, 0.1) is 0 Å². The third-order valence-electron chi connectivity index (χ3n) is 4.91. The van der Waals surface area contributed by atoms with Crippen LogP contribution in [-0.2, 0) is 17.8 Å². The zero-order chi connectivity index (χ0) is 20.6. The standard InChI is InChI=1S/C23H27N3O3/c1-3-29-22(26-15-14-21(27)24-23(26)28)18(2)25(16-19-10-6-4-7-11-19)17-20-12-8-5-9-13-20/h4-15,18,22H,3,16-17H2,1-2H3,(H,24,27,28)/t18-,22-/m0/s1. The average Bonchev–Trinajstić information content (AvgIpc) is 2.73. The van der Waals surface area contributed by atoms with Gasteiger partial charge in [-0.25, -0.2) is 4.79 Å². The molecular weight excluding hydrogens is 366 g/mol. The van der Waals surface area contributed by atoms with Gasteiger partial charge < -0.3 is 4.74 Å². The molecule has 0 saturated carbocycles. The monoisotopic (exact) mass is 393 g/mol. The minimum absolute atomic E-state index is 0.126. The summed E-state index contributed by atoms with van der Waals surface area (Å²) in [6.07, 6.45) is 0.970. The first-order valence-corrected chi connectivity index (χ1v) is 9.83. The van der Waals surface area contributed by atoms with Gasteiger partial charge in [-0.15, -0.1) is 0 Å². The maximum Gasteiger partial charge on any atom is 0.330 e. The lowest BCUT2D eigenvalue weighted by atomic mass is 10.1. The van der Waals surface area contributed by atoms with Crippen molar-refractivity contribution in [2.75, 3.05) is 6.61 Å². The van der Waals surface area contributed by atoms with Gasteiger partial charge in [0.05, 0.1) is 6.04 Å². The molecule has 0 aliphatic heterocycles. The number of nitrogens with one attached hydrogen (secondary N) is 1. The van der Waals surface area contributed by atoms with Crippen LogP contribution >= 0.6 is 0 Å². The zero-order valence-corrected chi connectivity index (χ0v) is 16.8. The predicted molar refractivity (Wildman–Crippen MR) is 114 cm³/mol. The maximum atomic E-state index is 12.4. The first kappa shape index (κ1) is 20.8. The summed E-state index contributed by atoms with van der Waals surface area (Å²) >= 11 is 0. The lowest BCUT2D eigenvalue weighted by Gasteiger charge is -2.35. The van der Waals surface area contributed by atoms with Crippen LogP contribution in [-0.4, -0.2) is 27.1 Å². The Morgan fingerprint density at radius 3 is 1.97 bits per heavy atom. The van der Waals surface area contributed by atoms with E-state index in [1.165, 1.54) is 28.0 Å². The number of H-pyrrole nitrogens is 1. The second-order valence-corrected chi connectivity index (χ2v) is 6.98. The summed E-state index contributed by atoms with van der Waals surface area (Å²) in [6, 6.07) is 21.7. The fourth-order valence-electron chi connectivity index (χ4n) is 3.41. The molecule has 2 aromatic carbocycles. The molecule has 6 heteroatoms. The third-order valence-corrected chi connectivity index (χ3v) is 4.91. The van der Waals surface area contributed by atoms with Crippen LogP contribution in [0.2, 0.25) is 0 Å². The van der Waals surface area contributed by atoms with Gasteiger partial charge in [0.25, 0.3) is 5.56 Å². The highest BCUT2D eigenvalue weighted by Gasteiger charge is 2.27. The van der Waals surface area contributed by atoms with Crippen LogP contribution in [0.25, 0.3) is 0 Å². The Morgan fingerprint density at radius 1 is 0.931 bits per heavy atom. The molecule has 29 heavy (non-hydrogen) atoms. The highest BCUT2D eigenvalue weighted by atomic mass is 16.5. The number of hydrogen-bond acceptors (Lipinski definition) is 4. The number of aromatic amines is 1. The topological polar surface area (TPSA) is 67.3 Å². The fraction of sp³-hybridized carbons (Fsp3) is 0.304. The molecule has 6 nitrogen and oxygen atoms in total. The Kier molecular flexibility index (Phi) is 7.16. The molecule has 3 aromatic rings. The van der Waals surface area contributed by atoms with Gasteiger partial charge >= 0.3 is 5.69 Å². The van der Waals surface area contributed by atoms with Crippen LogP contribution in [0.5, 0.6) is 0 Å². The van der Waals surface area contributed by atoms with Gasteiger partial charge in [0.1, 0.15) is 0 Å². The second-order valence-electron chi connectivity index (χ2n) is 6.98. The van der Waals surface area contributed by atoms with Crippen molar-refractivity contribution in [1.29, 1.82) is 0 Å². The van der Waals surface area contributed by atoms with E-state index in [0.717, 1.165) is 0 Å². The number of aromatic nitrogens is 2. The molecule has 2 atom stereocenters. The summed E-state index contributed by atoms with van der Waals surface area (Å²) < 4.78 is 7.42. The number of benzene rings is 2. The first-order chi connectivity index (χ1) is 14.1. The molecule has 0 amide bonds. The highest BCUT2D eigenvalue weighted by molar-refractivity contribution is 5.17. The molecule has 1 aromatic heterocycles. The molecule has 0 spiro atoms. The molecule has 0 aliphatic carbocycles. The Balaban J connectivity index is 1.94. The summed E-state index contributed by atoms with van der Waals surface area (Å²) in [5, 5.41) is 0. The van der Waals surface area contributed by atoms with Crippen LogP contribution in [0.15, 0.2) is 82.5 Å². The summed E-state index contributed by atoms with van der Waals surface area (Å²) in [7, 11) is 0. The molecule has 1 heterocycles. The van der Waals surface area contributed by atoms with Crippen LogP contribution in [0.4, 0.5) is 0 Å². The fourth-order valence-corrected chi connectivity index (χ4v) is 3.41. The van der Waals surface area contributed by atoms with E-state index in [4.69, 9.17) is 4.74 Å². The maximum absolute atomic E-state index is 12.4. The molecular formula is C23H27N3O3. The average molecular weight is 393 g/mol. The van der Waals surface area contributed by atoms with Crippen LogP contribution in [0.3, 0.4) is 0 Å². The number of nitrogens with zero attached hydrogens (tertiary/aromatic N) is 2. The molecule has 0 fully saturated rings. The minimum Gasteiger partial charge on any atom is -0.356 e. The Hall–Kier alpha value is -2.96. The molecule has 152 valence electrons. The Labute approximate surface area is 170 Å². The van der Waals surface area contributed by atoms with Crippen molar-refractivity contribution in [2.45, 2.75) is 39.2 Å². The quantitative estimate of drug-likeness (QED) is 0.606. The molecule has 0 bridgehead atoms. The van der Waals surface area contributed by atoms with E-state index >= 15 is 0 Å². The van der Waals surface area contributed by atoms with Crippen molar-refractivity contribution in [1.82, 2.24) is 14.5 Å². The molecule has 0 unspecified atom stereocenters. The molecule has 3 rings (SSSR count). The van der Waals surface area contributed by atoms with Gasteiger partial charge in [-0.3, -0.25) is 19.2 Å². The first-order valence-electron chi connectivity index (χ1n) is 9.83. The van der Waals surface area contributed by atoms with E-state index in [1.807, 2.05) is 50.2 Å². The molecule has 1 N–H and O–H groups in total. The van der Waals surface area contributed by atoms with Crippen LogP contribution < -0.4 is 11.2 Å². The van der Waals surface area contributed by atoms with Gasteiger partial charge in [0, 0.05) is 32.0 Å². The predicted octanol–water partition coefficient (Wildman–Crippen LogP) is 3.16. The molecule has 0 saturated heterocycles. The summed E-state index contributed by atoms with van der Waals surface area (Å²) in [5.41, 5.74) is 1.47. The SMILES string of the molecule is CCO[C@@H]([C@H](C)N(Cc1ccccc1)Cc1ccccc1)n1ccc(=O)[nH]c1=O. The van der Waals surface area contributed by atoms with Gasteiger partial charge in [0.15, 0.2) is 6.23 Å². The van der Waals surface area contributed by atoms with Gasteiger partial charge in [-0.2, -0.15) is 0 Å². The Morgan fingerprint density at radius 2 is 1.48 bits per heavy atom. The number of hydrogen-bond donors (Lipinski definition) is 1. The zero-order valence-electron chi connectivity index (χ0n) is 16.8. The van der Waals surface area contributed by atoms with Crippen molar-refractivity contribution < 1.29 is 4.74 Å². The van der Waals surface area contributed by atoms with Crippen molar-refractivity contribution >= 4 is 0 Å². The van der Waals surface area contributed by atoms with Gasteiger partial charge in [0.2, 0.25) is 0 Å². The summed E-state index contributed by atoms with van der Waals surface area (Å²) in [6.45, 7) is 5.81. The smallest absolute Gasteiger partial charge is 0.330 e. The van der Waals surface area contributed by atoms with Gasteiger partial charge in [-0.1, -0.05) is 60.7 Å². The van der Waals surface area contributed by atoms with Crippen molar-refractivity contribution in [3.8, 4) is 0 Å². The second kappa shape index (κ2) is 10.0. The summed E-state index contributed by atoms with van der Waals surface area (Å²) in [5.74, 6) is 0. The summed E-state index contributed by atoms with van der Waals surface area (Å²) in [4.78, 5) is 28.5. The molecule has 0 radical (unpaired) electrons. The lowest BCUT2D eigenvalue weighted by Crippen LogP contribution is -2.44. The van der Waals surface area contributed by atoms with E-state index in [1.54, 1.807) is 0 Å². The van der Waals surface area contributed by atoms with E-state index in [9.17, 15) is 9.59 Å². The van der Waals surface area contributed by atoms with Crippen LogP contribution in [0.1, 0.15) is 31.2 Å². The molecule has 0 aliphatic rings. The van der Waals surface area contributed by atoms with Crippen molar-refractivity contribution in [3.63, 3.8) is 0 Å². The Bertz CT molecular complexity index is 957. The van der Waals surface area contributed by atoms with Crippen molar-refractivity contribution in [2.24, 2.45) is 0 Å². The van der Waals surface area contributed by atoms with E-state index in [-0.39, 0.29) is 6.04 Å². The van der Waals surface area contributed by atoms with E-state index < -0.39 is 17.5 Å². The lowest BCUT2D eigenvalue weighted by molar-refractivity contribution is -0.0570. The largest absolute Gasteiger partial charge is 0.356 e. The van der Waals surface area contributed by atoms with Crippen molar-refractivity contribution in [3.05, 3.63) is 105 Å². The normalized spacial score (nSPS) is 13.3. The third kappa shape index (κ3) is 5.53. The highest BCUT2D eigenvalue weighted by Crippen LogP contribution is 2.22.